The highest BCUT2D eigenvalue weighted by atomic mass is 79.9. The third kappa shape index (κ3) is 3.72. The fourth-order valence-electron chi connectivity index (χ4n) is 2.65. The summed E-state index contributed by atoms with van der Waals surface area (Å²) in [6.07, 6.45) is 6.30. The maximum absolute atomic E-state index is 12.1. The van der Waals surface area contributed by atoms with Crippen molar-refractivity contribution < 1.29 is 4.79 Å². The van der Waals surface area contributed by atoms with E-state index in [1.165, 1.54) is 32.1 Å². The predicted octanol–water partition coefficient (Wildman–Crippen LogP) is 3.73. The number of benzene rings is 1. The van der Waals surface area contributed by atoms with Crippen LogP contribution in [-0.4, -0.2) is 12.5 Å². The topological polar surface area (TPSA) is 55.1 Å². The molecule has 1 saturated carbocycles. The van der Waals surface area contributed by atoms with Crippen LogP contribution in [-0.2, 0) is 0 Å². The summed E-state index contributed by atoms with van der Waals surface area (Å²) in [5, 5.41) is 3.06. The summed E-state index contributed by atoms with van der Waals surface area (Å²) in [4.78, 5) is 12.1. The third-order valence-corrected chi connectivity index (χ3v) is 4.69. The maximum Gasteiger partial charge on any atom is 0.251 e. The number of halogens is 1. The van der Waals surface area contributed by atoms with Crippen LogP contribution in [0.3, 0.4) is 0 Å². The van der Waals surface area contributed by atoms with Crippen molar-refractivity contribution in [1.29, 1.82) is 0 Å². The third-order valence-electron chi connectivity index (χ3n) is 4.00. The quantitative estimate of drug-likeness (QED) is 0.832. The van der Waals surface area contributed by atoms with Gasteiger partial charge in [-0.3, -0.25) is 4.79 Å². The lowest BCUT2D eigenvalue weighted by atomic mass is 9.76. The number of carbonyl (C=O) groups is 1. The van der Waals surface area contributed by atoms with Crippen LogP contribution in [0.2, 0.25) is 0 Å². The Kier molecular flexibility index (Phi) is 4.50. The summed E-state index contributed by atoms with van der Waals surface area (Å²) in [6.45, 7) is 3.03. The molecule has 4 heteroatoms. The minimum absolute atomic E-state index is 0.0208. The van der Waals surface area contributed by atoms with Crippen LogP contribution in [0.15, 0.2) is 22.7 Å². The van der Waals surface area contributed by atoms with Crippen LogP contribution in [0.25, 0.3) is 0 Å². The van der Waals surface area contributed by atoms with Gasteiger partial charge in [-0.25, -0.2) is 0 Å². The second-order valence-corrected chi connectivity index (χ2v) is 6.64. The van der Waals surface area contributed by atoms with Crippen LogP contribution in [0.5, 0.6) is 0 Å². The van der Waals surface area contributed by atoms with Crippen LogP contribution in [0.1, 0.15) is 49.4 Å². The number of hydrogen-bond acceptors (Lipinski definition) is 2. The molecule has 0 heterocycles. The molecule has 0 spiro atoms. The van der Waals surface area contributed by atoms with Crippen LogP contribution >= 0.6 is 15.9 Å². The predicted molar refractivity (Wildman–Crippen MR) is 82.1 cm³/mol. The molecule has 1 amide bonds. The van der Waals surface area contributed by atoms with E-state index in [9.17, 15) is 4.79 Å². The second-order valence-electron chi connectivity index (χ2n) is 5.79. The number of rotatable bonds is 3. The fourth-order valence-corrected chi connectivity index (χ4v) is 3.03. The monoisotopic (exact) mass is 324 g/mol. The van der Waals surface area contributed by atoms with Crippen molar-refractivity contribution in [3.63, 3.8) is 0 Å². The molecule has 19 heavy (non-hydrogen) atoms. The molecule has 0 atom stereocenters. The average Bonchev–Trinajstić information content (AvgIpc) is 2.40. The molecule has 104 valence electrons. The smallest absolute Gasteiger partial charge is 0.251 e. The van der Waals surface area contributed by atoms with E-state index >= 15 is 0 Å². The van der Waals surface area contributed by atoms with Crippen LogP contribution < -0.4 is 11.1 Å². The molecular formula is C15H21BrN2O. The van der Waals surface area contributed by atoms with Gasteiger partial charge >= 0.3 is 0 Å². The molecule has 0 bridgehead atoms. The minimum atomic E-state index is -0.0208. The lowest BCUT2D eigenvalue weighted by Gasteiger charge is -2.33. The number of nitrogens with one attached hydrogen (secondary N) is 1. The number of anilines is 1. The first-order valence-corrected chi connectivity index (χ1v) is 7.63. The Balaban J connectivity index is 1.95. The first kappa shape index (κ1) is 14.4. The van der Waals surface area contributed by atoms with Crippen LogP contribution in [0, 0.1) is 5.41 Å². The van der Waals surface area contributed by atoms with Crippen molar-refractivity contribution in [2.24, 2.45) is 5.41 Å². The van der Waals surface area contributed by atoms with Gasteiger partial charge in [0.05, 0.1) is 0 Å². The lowest BCUT2D eigenvalue weighted by Crippen LogP contribution is -2.37. The number of carbonyl (C=O) groups excluding carboxylic acids is 1. The van der Waals surface area contributed by atoms with Crippen molar-refractivity contribution in [2.45, 2.75) is 39.0 Å². The van der Waals surface area contributed by atoms with Gasteiger partial charge in [0.15, 0.2) is 0 Å². The highest BCUT2D eigenvalue weighted by molar-refractivity contribution is 9.10. The van der Waals surface area contributed by atoms with Crippen molar-refractivity contribution in [2.75, 3.05) is 12.3 Å². The van der Waals surface area contributed by atoms with Crippen molar-refractivity contribution >= 4 is 27.5 Å². The van der Waals surface area contributed by atoms with Gasteiger partial charge < -0.3 is 11.1 Å². The molecule has 3 N–H and O–H groups in total. The summed E-state index contributed by atoms with van der Waals surface area (Å²) < 4.78 is 0.768. The molecule has 0 aliphatic heterocycles. The number of amides is 1. The largest absolute Gasteiger partial charge is 0.398 e. The van der Waals surface area contributed by atoms with Gasteiger partial charge in [-0.1, -0.05) is 26.2 Å². The van der Waals surface area contributed by atoms with Gasteiger partial charge in [0.1, 0.15) is 0 Å². The van der Waals surface area contributed by atoms with Gasteiger partial charge in [0.2, 0.25) is 0 Å². The van der Waals surface area contributed by atoms with E-state index in [1.54, 1.807) is 18.2 Å². The van der Waals surface area contributed by atoms with Gasteiger partial charge in [-0.15, -0.1) is 0 Å². The second kappa shape index (κ2) is 5.95. The maximum atomic E-state index is 12.1. The molecule has 0 aromatic heterocycles. The normalized spacial score (nSPS) is 18.0. The fraction of sp³-hybridized carbons (Fsp3) is 0.533. The molecular weight excluding hydrogens is 304 g/mol. The van der Waals surface area contributed by atoms with Gasteiger partial charge in [-0.2, -0.15) is 0 Å². The highest BCUT2D eigenvalue weighted by Gasteiger charge is 2.27. The van der Waals surface area contributed by atoms with Crippen molar-refractivity contribution in [3.8, 4) is 0 Å². The Bertz CT molecular complexity index is 467. The molecule has 1 aromatic carbocycles. The Labute approximate surface area is 123 Å². The molecule has 0 radical (unpaired) electrons. The van der Waals surface area contributed by atoms with E-state index in [0.717, 1.165) is 11.0 Å². The summed E-state index contributed by atoms with van der Waals surface area (Å²) >= 11 is 3.35. The van der Waals surface area contributed by atoms with E-state index in [1.807, 2.05) is 0 Å². The Morgan fingerprint density at radius 2 is 2.05 bits per heavy atom. The minimum Gasteiger partial charge on any atom is -0.398 e. The summed E-state index contributed by atoms with van der Waals surface area (Å²) in [6, 6.07) is 5.29. The number of nitrogens with two attached hydrogens (primary N) is 1. The Morgan fingerprint density at radius 3 is 2.68 bits per heavy atom. The average molecular weight is 325 g/mol. The molecule has 2 rings (SSSR count). The molecule has 1 aromatic rings. The standard InChI is InChI=1S/C15H21BrN2O/c1-15(7-3-2-4-8-15)10-18-14(19)11-5-6-13(17)12(16)9-11/h5-6,9H,2-4,7-8,10,17H2,1H3,(H,18,19). The van der Waals surface area contributed by atoms with E-state index in [4.69, 9.17) is 5.73 Å². The van der Waals surface area contributed by atoms with E-state index in [2.05, 4.69) is 28.2 Å². The molecule has 1 aliphatic carbocycles. The highest BCUT2D eigenvalue weighted by Crippen LogP contribution is 2.35. The van der Waals surface area contributed by atoms with Gasteiger partial charge in [0, 0.05) is 22.3 Å². The molecule has 1 fully saturated rings. The number of nitrogen functional groups attached to an aromatic ring is 1. The van der Waals surface area contributed by atoms with Crippen LogP contribution in [0.4, 0.5) is 5.69 Å². The number of hydrogen-bond donors (Lipinski definition) is 2. The zero-order valence-corrected chi connectivity index (χ0v) is 12.9. The molecule has 1 aliphatic rings. The first-order valence-electron chi connectivity index (χ1n) is 6.83. The Hall–Kier alpha value is -1.03. The van der Waals surface area contributed by atoms with E-state index in [-0.39, 0.29) is 11.3 Å². The Morgan fingerprint density at radius 1 is 1.37 bits per heavy atom. The zero-order chi connectivity index (χ0) is 13.9. The van der Waals surface area contributed by atoms with Crippen molar-refractivity contribution in [1.82, 2.24) is 5.32 Å². The first-order chi connectivity index (χ1) is 9.00. The van der Waals surface area contributed by atoms with Gasteiger partial charge in [0.25, 0.3) is 5.91 Å². The summed E-state index contributed by atoms with van der Waals surface area (Å²) in [5.41, 5.74) is 7.29. The molecule has 0 saturated heterocycles. The van der Waals surface area contributed by atoms with Gasteiger partial charge in [-0.05, 0) is 52.4 Å². The zero-order valence-electron chi connectivity index (χ0n) is 11.3. The summed E-state index contributed by atoms with van der Waals surface area (Å²) in [5.74, 6) is -0.0208. The molecule has 0 unspecified atom stereocenters. The van der Waals surface area contributed by atoms with E-state index < -0.39 is 0 Å². The summed E-state index contributed by atoms with van der Waals surface area (Å²) in [7, 11) is 0. The lowest BCUT2D eigenvalue weighted by molar-refractivity contribution is 0.0919. The SMILES string of the molecule is CC1(CNC(=O)c2ccc(N)c(Br)c2)CCCCC1. The van der Waals surface area contributed by atoms with E-state index in [0.29, 0.717) is 11.3 Å². The van der Waals surface area contributed by atoms with Crippen molar-refractivity contribution in [3.05, 3.63) is 28.2 Å². The molecule has 3 nitrogen and oxygen atoms in total.